The van der Waals surface area contributed by atoms with Crippen molar-refractivity contribution < 1.29 is 13.2 Å². The van der Waals surface area contributed by atoms with E-state index < -0.39 is 10.0 Å². The Hall–Kier alpha value is -1.11. The van der Waals surface area contributed by atoms with Crippen LogP contribution in [0.1, 0.15) is 25.3 Å². The first-order valence-electron chi connectivity index (χ1n) is 7.38. The third-order valence-corrected chi connectivity index (χ3v) is 4.61. The number of methoxy groups -OCH3 is 1. The Morgan fingerprint density at radius 2 is 2.00 bits per heavy atom. The van der Waals surface area contributed by atoms with Gasteiger partial charge in [0.2, 0.25) is 10.0 Å². The van der Waals surface area contributed by atoms with Crippen molar-refractivity contribution >= 4 is 10.0 Å². The normalized spacial score (nSPS) is 11.5. The number of hydrogen-bond acceptors (Lipinski definition) is 4. The summed E-state index contributed by atoms with van der Waals surface area (Å²) in [6, 6.07) is 7.67. The van der Waals surface area contributed by atoms with Crippen LogP contribution >= 0.6 is 0 Å². The average molecular weight is 314 g/mol. The third kappa shape index (κ3) is 8.04. The lowest BCUT2D eigenvalue weighted by molar-refractivity contribution is 0.414. The summed E-state index contributed by atoms with van der Waals surface area (Å²) in [5.41, 5.74) is 1.06. The lowest BCUT2D eigenvalue weighted by atomic mass is 10.1. The van der Waals surface area contributed by atoms with Crippen molar-refractivity contribution in [2.24, 2.45) is 0 Å². The molecular weight excluding hydrogens is 288 g/mol. The Balaban J connectivity index is 2.26. The average Bonchev–Trinajstić information content (AvgIpc) is 2.47. The molecule has 0 aliphatic carbocycles. The quantitative estimate of drug-likeness (QED) is 0.608. The summed E-state index contributed by atoms with van der Waals surface area (Å²) in [6.07, 6.45) is 2.22. The molecule has 6 heteroatoms. The molecule has 0 aliphatic heterocycles. The minimum Gasteiger partial charge on any atom is -0.497 e. The zero-order chi connectivity index (χ0) is 15.6. The van der Waals surface area contributed by atoms with Gasteiger partial charge in [0.1, 0.15) is 5.75 Å². The number of nitrogens with one attached hydrogen (secondary N) is 2. The highest BCUT2D eigenvalue weighted by atomic mass is 32.2. The molecule has 1 aromatic carbocycles. The minimum atomic E-state index is -3.16. The molecule has 0 fully saturated rings. The molecular formula is C15H26N2O3S. The maximum Gasteiger partial charge on any atom is 0.211 e. The first kappa shape index (κ1) is 17.9. The predicted octanol–water partition coefficient (Wildman–Crippen LogP) is 1.55. The van der Waals surface area contributed by atoms with E-state index in [9.17, 15) is 8.42 Å². The van der Waals surface area contributed by atoms with Gasteiger partial charge in [0, 0.05) is 6.54 Å². The molecule has 0 atom stereocenters. The molecule has 0 radical (unpaired) electrons. The minimum absolute atomic E-state index is 0.191. The van der Waals surface area contributed by atoms with Crippen molar-refractivity contribution in [1.82, 2.24) is 10.0 Å². The summed E-state index contributed by atoms with van der Waals surface area (Å²) in [5.74, 6) is 0.982. The van der Waals surface area contributed by atoms with Gasteiger partial charge in [-0.25, -0.2) is 13.1 Å². The van der Waals surface area contributed by atoms with E-state index >= 15 is 0 Å². The van der Waals surface area contributed by atoms with Crippen LogP contribution in [0, 0.1) is 0 Å². The lowest BCUT2D eigenvalue weighted by Crippen LogP contribution is -2.28. The molecule has 5 nitrogen and oxygen atoms in total. The smallest absolute Gasteiger partial charge is 0.211 e. The highest BCUT2D eigenvalue weighted by molar-refractivity contribution is 7.89. The standard InChI is InChI=1S/C15H26N2O3S/c1-3-16-10-4-5-12-21(18,19)17-11-9-14-7-6-8-15(13-14)20-2/h6-8,13,16-17H,3-5,9-12H2,1-2H3. The second kappa shape index (κ2) is 9.76. The summed E-state index contributed by atoms with van der Waals surface area (Å²) in [5, 5.41) is 3.18. The molecule has 1 aromatic rings. The fourth-order valence-electron chi connectivity index (χ4n) is 1.97. The number of rotatable bonds is 11. The van der Waals surface area contributed by atoms with Crippen LogP contribution in [0.15, 0.2) is 24.3 Å². The molecule has 0 spiro atoms. The van der Waals surface area contributed by atoms with Crippen LogP contribution in [0.2, 0.25) is 0 Å². The molecule has 0 aromatic heterocycles. The van der Waals surface area contributed by atoms with E-state index in [2.05, 4.69) is 10.0 Å². The first-order valence-corrected chi connectivity index (χ1v) is 9.03. The van der Waals surface area contributed by atoms with Crippen LogP contribution in [-0.4, -0.2) is 40.9 Å². The number of unbranched alkanes of at least 4 members (excludes halogenated alkanes) is 1. The topological polar surface area (TPSA) is 67.4 Å². The van der Waals surface area contributed by atoms with E-state index in [4.69, 9.17) is 4.74 Å². The zero-order valence-corrected chi connectivity index (χ0v) is 13.7. The largest absolute Gasteiger partial charge is 0.497 e. The van der Waals surface area contributed by atoms with Crippen molar-refractivity contribution in [3.05, 3.63) is 29.8 Å². The SMILES string of the molecule is CCNCCCCS(=O)(=O)NCCc1cccc(OC)c1. The van der Waals surface area contributed by atoms with Crippen molar-refractivity contribution in [3.8, 4) is 5.75 Å². The van der Waals surface area contributed by atoms with Gasteiger partial charge in [-0.2, -0.15) is 0 Å². The Kier molecular flexibility index (Phi) is 8.34. The molecule has 0 saturated carbocycles. The van der Waals surface area contributed by atoms with E-state index in [1.165, 1.54) is 0 Å². The summed E-state index contributed by atoms with van der Waals surface area (Å²) in [4.78, 5) is 0. The number of ether oxygens (including phenoxy) is 1. The van der Waals surface area contributed by atoms with Gasteiger partial charge in [-0.3, -0.25) is 0 Å². The van der Waals surface area contributed by atoms with Gasteiger partial charge in [0.25, 0.3) is 0 Å². The van der Waals surface area contributed by atoms with Crippen LogP contribution in [0.4, 0.5) is 0 Å². The summed E-state index contributed by atoms with van der Waals surface area (Å²) >= 11 is 0. The van der Waals surface area contributed by atoms with Gasteiger partial charge in [0.05, 0.1) is 12.9 Å². The Bertz CT molecular complexity index is 503. The lowest BCUT2D eigenvalue weighted by Gasteiger charge is -2.08. The van der Waals surface area contributed by atoms with Crippen molar-refractivity contribution in [1.29, 1.82) is 0 Å². The van der Waals surface area contributed by atoms with Crippen LogP contribution in [0.3, 0.4) is 0 Å². The van der Waals surface area contributed by atoms with Gasteiger partial charge in [-0.05, 0) is 50.0 Å². The molecule has 0 amide bonds. The number of benzene rings is 1. The third-order valence-electron chi connectivity index (χ3n) is 3.14. The van der Waals surface area contributed by atoms with E-state index in [1.54, 1.807) is 7.11 Å². The first-order chi connectivity index (χ1) is 10.1. The summed E-state index contributed by atoms with van der Waals surface area (Å²) < 4.78 is 31.4. The van der Waals surface area contributed by atoms with E-state index in [0.29, 0.717) is 19.4 Å². The highest BCUT2D eigenvalue weighted by Crippen LogP contribution is 2.12. The molecule has 0 bridgehead atoms. The van der Waals surface area contributed by atoms with Crippen LogP contribution in [0.5, 0.6) is 5.75 Å². The molecule has 0 aliphatic rings. The molecule has 1 rings (SSSR count). The van der Waals surface area contributed by atoms with E-state index in [-0.39, 0.29) is 5.75 Å². The summed E-state index contributed by atoms with van der Waals surface area (Å²) in [7, 11) is -1.54. The highest BCUT2D eigenvalue weighted by Gasteiger charge is 2.09. The van der Waals surface area contributed by atoms with Crippen molar-refractivity contribution in [3.63, 3.8) is 0 Å². The Morgan fingerprint density at radius 3 is 2.71 bits per heavy atom. The predicted molar refractivity (Wildman–Crippen MR) is 86.3 cm³/mol. The van der Waals surface area contributed by atoms with Crippen LogP contribution in [-0.2, 0) is 16.4 Å². The monoisotopic (exact) mass is 314 g/mol. The van der Waals surface area contributed by atoms with Gasteiger partial charge in [-0.1, -0.05) is 19.1 Å². The fourth-order valence-corrected chi connectivity index (χ4v) is 3.11. The van der Waals surface area contributed by atoms with Gasteiger partial charge >= 0.3 is 0 Å². The molecule has 0 saturated heterocycles. The number of sulfonamides is 1. The second-order valence-electron chi connectivity index (χ2n) is 4.88. The Labute approximate surface area is 128 Å². The van der Waals surface area contributed by atoms with Crippen LogP contribution in [0.25, 0.3) is 0 Å². The second-order valence-corrected chi connectivity index (χ2v) is 6.80. The van der Waals surface area contributed by atoms with E-state index in [1.807, 2.05) is 31.2 Å². The molecule has 2 N–H and O–H groups in total. The van der Waals surface area contributed by atoms with Gasteiger partial charge in [0.15, 0.2) is 0 Å². The number of hydrogen-bond donors (Lipinski definition) is 2. The Morgan fingerprint density at radius 1 is 1.19 bits per heavy atom. The molecule has 0 heterocycles. The summed E-state index contributed by atoms with van der Waals surface area (Å²) in [6.45, 7) is 4.25. The molecule has 0 unspecified atom stereocenters. The fraction of sp³-hybridized carbons (Fsp3) is 0.600. The van der Waals surface area contributed by atoms with Crippen molar-refractivity contribution in [2.45, 2.75) is 26.2 Å². The maximum atomic E-state index is 11.8. The van der Waals surface area contributed by atoms with Crippen molar-refractivity contribution in [2.75, 3.05) is 32.5 Å². The van der Waals surface area contributed by atoms with Gasteiger partial charge in [-0.15, -0.1) is 0 Å². The van der Waals surface area contributed by atoms with E-state index in [0.717, 1.165) is 30.8 Å². The maximum absolute atomic E-state index is 11.8. The molecule has 120 valence electrons. The van der Waals surface area contributed by atoms with Gasteiger partial charge < -0.3 is 10.1 Å². The zero-order valence-electron chi connectivity index (χ0n) is 12.9. The van der Waals surface area contributed by atoms with Crippen LogP contribution < -0.4 is 14.8 Å². The molecule has 21 heavy (non-hydrogen) atoms.